The highest BCUT2D eigenvalue weighted by Crippen LogP contribution is 2.26. The van der Waals surface area contributed by atoms with Gasteiger partial charge in [0, 0.05) is 13.1 Å². The smallest absolute Gasteiger partial charge is 0.146 e. The molecule has 1 aromatic heterocycles. The van der Waals surface area contributed by atoms with E-state index in [0.29, 0.717) is 42.7 Å². The number of benzene rings is 1. The predicted octanol–water partition coefficient (Wildman–Crippen LogP) is 1.81. The molecular weight excluding hydrogens is 317 g/mol. The Hall–Kier alpha value is -2.06. The molecule has 0 aliphatic carbocycles. The summed E-state index contributed by atoms with van der Waals surface area (Å²) in [5.41, 5.74) is 2.00. The van der Waals surface area contributed by atoms with Gasteiger partial charge in [-0.1, -0.05) is 18.3 Å². The number of H-pyrrole nitrogens is 1. The Morgan fingerprint density at radius 3 is 2.83 bits per heavy atom. The van der Waals surface area contributed by atoms with Crippen LogP contribution < -0.4 is 10.2 Å². The van der Waals surface area contributed by atoms with Gasteiger partial charge in [0.05, 0.1) is 36.1 Å². The zero-order valence-electron chi connectivity index (χ0n) is 12.8. The van der Waals surface area contributed by atoms with Gasteiger partial charge in [0.1, 0.15) is 11.5 Å². The normalized spacial score (nSPS) is 16.2. The van der Waals surface area contributed by atoms with Crippen LogP contribution in [0.1, 0.15) is 24.2 Å². The molecule has 1 aliphatic rings. The number of thiocarbonyl (C=S) groups is 1. The van der Waals surface area contributed by atoms with Gasteiger partial charge in [0.2, 0.25) is 0 Å². The molecule has 1 fully saturated rings. The Labute approximate surface area is 139 Å². The van der Waals surface area contributed by atoms with Gasteiger partial charge in [0.25, 0.3) is 0 Å². The summed E-state index contributed by atoms with van der Waals surface area (Å²) in [6.07, 6.45) is 1.60. The minimum atomic E-state index is -0.334. The number of hydrogen-bond acceptors (Lipinski definition) is 5. The Bertz CT molecular complexity index is 673. The minimum absolute atomic E-state index is 0.262. The molecular formula is C15H18FN5OS. The summed E-state index contributed by atoms with van der Waals surface area (Å²) in [4.78, 5) is 2.60. The second kappa shape index (κ2) is 7.01. The van der Waals surface area contributed by atoms with Gasteiger partial charge in [-0.25, -0.2) is 4.39 Å². The molecule has 1 atom stereocenters. The fourth-order valence-corrected chi connectivity index (χ4v) is 2.76. The van der Waals surface area contributed by atoms with E-state index in [0.717, 1.165) is 5.56 Å². The lowest BCUT2D eigenvalue weighted by Crippen LogP contribution is -2.36. The van der Waals surface area contributed by atoms with Crippen molar-refractivity contribution in [3.8, 4) is 0 Å². The quantitative estimate of drug-likeness (QED) is 0.831. The van der Waals surface area contributed by atoms with Gasteiger partial charge in [-0.15, -0.1) is 0 Å². The van der Waals surface area contributed by atoms with Crippen LogP contribution >= 0.6 is 12.2 Å². The molecule has 0 spiro atoms. The van der Waals surface area contributed by atoms with Crippen LogP contribution in [0.25, 0.3) is 0 Å². The van der Waals surface area contributed by atoms with Crippen LogP contribution in [0.4, 0.5) is 10.1 Å². The van der Waals surface area contributed by atoms with E-state index in [1.54, 1.807) is 19.2 Å². The van der Waals surface area contributed by atoms with Gasteiger partial charge >= 0.3 is 0 Å². The van der Waals surface area contributed by atoms with Crippen LogP contribution in [-0.4, -0.2) is 46.7 Å². The average Bonchev–Trinajstić information content (AvgIpc) is 3.07. The van der Waals surface area contributed by atoms with Crippen molar-refractivity contribution in [2.45, 2.75) is 13.0 Å². The Morgan fingerprint density at radius 1 is 1.43 bits per heavy atom. The van der Waals surface area contributed by atoms with Crippen molar-refractivity contribution < 1.29 is 9.13 Å². The maximum Gasteiger partial charge on any atom is 0.146 e. The van der Waals surface area contributed by atoms with Gasteiger partial charge in [-0.05, 0) is 24.6 Å². The number of nitrogens with one attached hydrogen (secondary N) is 2. The number of aromatic nitrogens is 3. The number of nitrogens with zero attached hydrogens (tertiary/aromatic N) is 3. The number of aromatic amines is 1. The van der Waals surface area contributed by atoms with E-state index in [-0.39, 0.29) is 11.9 Å². The van der Waals surface area contributed by atoms with Crippen molar-refractivity contribution in [2.24, 2.45) is 0 Å². The molecule has 1 saturated heterocycles. The van der Waals surface area contributed by atoms with Crippen molar-refractivity contribution in [1.82, 2.24) is 20.7 Å². The molecule has 2 aromatic rings. The molecule has 2 heterocycles. The highest BCUT2D eigenvalue weighted by Gasteiger charge is 2.20. The van der Waals surface area contributed by atoms with Crippen molar-refractivity contribution in [1.29, 1.82) is 0 Å². The topological polar surface area (TPSA) is 66.1 Å². The lowest BCUT2D eigenvalue weighted by molar-refractivity contribution is 0.122. The summed E-state index contributed by atoms with van der Waals surface area (Å²) in [7, 11) is 0. The van der Waals surface area contributed by atoms with E-state index in [1.165, 1.54) is 6.07 Å². The molecule has 122 valence electrons. The molecule has 1 unspecified atom stereocenters. The summed E-state index contributed by atoms with van der Waals surface area (Å²) >= 11 is 5.12. The first kappa shape index (κ1) is 15.8. The molecule has 1 aromatic carbocycles. The van der Waals surface area contributed by atoms with Gasteiger partial charge in [-0.3, -0.25) is 0 Å². The fourth-order valence-electron chi connectivity index (χ4n) is 2.64. The maximum absolute atomic E-state index is 14.6. The fraction of sp³-hybridized carbons (Fsp3) is 0.400. The van der Waals surface area contributed by atoms with E-state index in [4.69, 9.17) is 17.0 Å². The number of ether oxygens (including phenoxy) is 1. The zero-order chi connectivity index (χ0) is 16.2. The first-order valence-electron chi connectivity index (χ1n) is 7.40. The molecule has 23 heavy (non-hydrogen) atoms. The maximum atomic E-state index is 14.6. The van der Waals surface area contributed by atoms with E-state index in [1.807, 2.05) is 11.0 Å². The first-order chi connectivity index (χ1) is 11.1. The highest BCUT2D eigenvalue weighted by molar-refractivity contribution is 7.80. The number of halogens is 1. The largest absolute Gasteiger partial charge is 0.378 e. The number of morpholine rings is 1. The van der Waals surface area contributed by atoms with Gasteiger partial charge < -0.3 is 15.0 Å². The molecule has 0 amide bonds. The summed E-state index contributed by atoms with van der Waals surface area (Å²) in [5.74, 6) is -0.262. The van der Waals surface area contributed by atoms with Crippen molar-refractivity contribution in [2.75, 3.05) is 31.2 Å². The Morgan fingerprint density at radius 2 is 2.22 bits per heavy atom. The zero-order valence-corrected chi connectivity index (χ0v) is 13.6. The third kappa shape index (κ3) is 3.65. The van der Waals surface area contributed by atoms with E-state index >= 15 is 0 Å². The third-order valence-corrected chi connectivity index (χ3v) is 3.85. The van der Waals surface area contributed by atoms with Crippen LogP contribution in [0, 0.1) is 5.82 Å². The van der Waals surface area contributed by atoms with Crippen LogP contribution in [-0.2, 0) is 4.74 Å². The second-order valence-corrected chi connectivity index (χ2v) is 5.95. The van der Waals surface area contributed by atoms with Crippen LogP contribution in [0.15, 0.2) is 24.4 Å². The van der Waals surface area contributed by atoms with E-state index < -0.39 is 0 Å². The highest BCUT2D eigenvalue weighted by atomic mass is 32.1. The predicted molar refractivity (Wildman–Crippen MR) is 89.1 cm³/mol. The van der Waals surface area contributed by atoms with Gasteiger partial charge in [-0.2, -0.15) is 15.4 Å². The average molecular weight is 335 g/mol. The molecule has 6 nitrogen and oxygen atoms in total. The van der Waals surface area contributed by atoms with Crippen molar-refractivity contribution in [3.63, 3.8) is 0 Å². The lowest BCUT2D eigenvalue weighted by atomic mass is 10.0. The second-order valence-electron chi connectivity index (χ2n) is 5.34. The summed E-state index contributed by atoms with van der Waals surface area (Å²) in [5, 5.41) is 13.6. The molecule has 8 heteroatoms. The third-order valence-electron chi connectivity index (χ3n) is 3.73. The van der Waals surface area contributed by atoms with Crippen molar-refractivity contribution >= 4 is 22.9 Å². The molecule has 1 aliphatic heterocycles. The summed E-state index contributed by atoms with van der Waals surface area (Å²) < 4.78 is 19.9. The SMILES string of the molecule is CC(=S)NC(c1ccc(N2CCOCC2)c(F)c1)c1cn[nH]n1. The molecule has 0 radical (unpaired) electrons. The van der Waals surface area contributed by atoms with Crippen LogP contribution in [0.2, 0.25) is 0 Å². The van der Waals surface area contributed by atoms with Crippen LogP contribution in [0.5, 0.6) is 0 Å². The number of anilines is 1. The number of rotatable bonds is 4. The molecule has 3 rings (SSSR count). The van der Waals surface area contributed by atoms with Crippen LogP contribution in [0.3, 0.4) is 0 Å². The summed E-state index contributed by atoms with van der Waals surface area (Å²) in [6, 6.07) is 4.87. The van der Waals surface area contributed by atoms with Gasteiger partial charge in [0.15, 0.2) is 0 Å². The minimum Gasteiger partial charge on any atom is -0.378 e. The molecule has 0 bridgehead atoms. The Kier molecular flexibility index (Phi) is 4.82. The number of hydrogen-bond donors (Lipinski definition) is 2. The lowest BCUT2D eigenvalue weighted by Gasteiger charge is -2.29. The molecule has 2 N–H and O–H groups in total. The van der Waals surface area contributed by atoms with E-state index in [2.05, 4.69) is 20.7 Å². The van der Waals surface area contributed by atoms with E-state index in [9.17, 15) is 4.39 Å². The summed E-state index contributed by atoms with van der Waals surface area (Å²) in [6.45, 7) is 4.41. The first-order valence-corrected chi connectivity index (χ1v) is 7.81. The Balaban J connectivity index is 1.88. The van der Waals surface area contributed by atoms with Crippen molar-refractivity contribution in [3.05, 3.63) is 41.5 Å². The standard InChI is InChI=1S/C15H18FN5OS/c1-10(23)18-15(13-9-17-20-19-13)11-2-3-14(12(16)8-11)21-4-6-22-7-5-21/h2-3,8-9,15H,4-7H2,1H3,(H,18,23)(H,17,19,20). The monoisotopic (exact) mass is 335 g/mol. The molecule has 0 saturated carbocycles.